The molecule has 4 rings (SSSR count). The van der Waals surface area contributed by atoms with Crippen LogP contribution in [0, 0.1) is 5.92 Å². The Morgan fingerprint density at radius 3 is 2.88 bits per heavy atom. The summed E-state index contributed by atoms with van der Waals surface area (Å²) in [5.74, 6) is 1.27. The van der Waals surface area contributed by atoms with Crippen LogP contribution >= 0.6 is 50.4 Å². The van der Waals surface area contributed by atoms with Gasteiger partial charge in [0.2, 0.25) is 11.0 Å². The number of thioether (sulfide) groups is 1. The van der Waals surface area contributed by atoms with Crippen LogP contribution in [0.25, 0.3) is 0 Å². The first kappa shape index (κ1) is 17.2. The first-order valence-corrected chi connectivity index (χ1v) is 11.2. The molecule has 0 radical (unpaired) electrons. The first-order valence-electron chi connectivity index (χ1n) is 7.74. The van der Waals surface area contributed by atoms with Crippen LogP contribution in [-0.2, 0) is 10.5 Å². The number of hydrogen-bond donors (Lipinski definition) is 1. The van der Waals surface area contributed by atoms with E-state index in [1.807, 2.05) is 18.2 Å². The second-order valence-electron chi connectivity index (χ2n) is 5.73. The Bertz CT molecular complexity index is 864. The Labute approximate surface area is 166 Å². The van der Waals surface area contributed by atoms with Crippen LogP contribution in [0.2, 0.25) is 0 Å². The highest BCUT2D eigenvalue weighted by molar-refractivity contribution is 9.10. The number of aromatic nitrogens is 2. The van der Waals surface area contributed by atoms with Gasteiger partial charge in [-0.15, -0.1) is 21.5 Å². The molecule has 1 aliphatic carbocycles. The van der Waals surface area contributed by atoms with Crippen LogP contribution in [0.5, 0.6) is 0 Å². The third-order valence-electron chi connectivity index (χ3n) is 3.98. The van der Waals surface area contributed by atoms with Gasteiger partial charge in [0.05, 0.1) is 0 Å². The van der Waals surface area contributed by atoms with E-state index in [1.165, 1.54) is 21.8 Å². The Morgan fingerprint density at radius 2 is 2.12 bits per heavy atom. The summed E-state index contributed by atoms with van der Waals surface area (Å²) >= 11 is 8.25. The smallest absolute Gasteiger partial charge is 0.229 e. The summed E-state index contributed by atoms with van der Waals surface area (Å²) in [5, 5.41) is 13.8. The standard InChI is InChI=1S/C17H14BrN3OS3/c18-11-5-3-10(4-6-11)13-8-14(13)15(22)19-16-20-21-17(25-16)24-9-12-2-1-7-23-12/h1-7,13-14H,8-9H2,(H,19,20,22). The van der Waals surface area contributed by atoms with E-state index in [0.717, 1.165) is 21.0 Å². The van der Waals surface area contributed by atoms with E-state index in [9.17, 15) is 4.79 Å². The van der Waals surface area contributed by atoms with Crippen molar-refractivity contribution in [2.75, 3.05) is 5.32 Å². The Morgan fingerprint density at radius 1 is 1.28 bits per heavy atom. The lowest BCUT2D eigenvalue weighted by molar-refractivity contribution is -0.117. The molecule has 0 aliphatic heterocycles. The lowest BCUT2D eigenvalue weighted by Crippen LogP contribution is -2.14. The minimum atomic E-state index is 0.0345. The highest BCUT2D eigenvalue weighted by atomic mass is 79.9. The fourth-order valence-corrected chi connectivity index (χ4v) is 5.40. The Kier molecular flexibility index (Phi) is 5.21. The molecule has 2 atom stereocenters. The van der Waals surface area contributed by atoms with Gasteiger partial charge in [0.15, 0.2) is 4.34 Å². The van der Waals surface area contributed by atoms with Crippen molar-refractivity contribution in [2.45, 2.75) is 22.4 Å². The number of thiophene rings is 1. The highest BCUT2D eigenvalue weighted by Gasteiger charge is 2.44. The molecule has 1 fully saturated rings. The maximum absolute atomic E-state index is 12.4. The molecule has 0 spiro atoms. The van der Waals surface area contributed by atoms with E-state index in [1.54, 1.807) is 23.1 Å². The quantitative estimate of drug-likeness (QED) is 0.402. The predicted molar refractivity (Wildman–Crippen MR) is 107 cm³/mol. The van der Waals surface area contributed by atoms with Crippen molar-refractivity contribution < 1.29 is 4.79 Å². The number of nitrogens with zero attached hydrogens (tertiary/aromatic N) is 2. The van der Waals surface area contributed by atoms with Crippen molar-refractivity contribution in [1.82, 2.24) is 10.2 Å². The molecule has 8 heteroatoms. The number of nitrogens with one attached hydrogen (secondary N) is 1. The summed E-state index contributed by atoms with van der Waals surface area (Å²) in [7, 11) is 0. The summed E-state index contributed by atoms with van der Waals surface area (Å²) in [6.45, 7) is 0. The Balaban J connectivity index is 1.30. The molecule has 1 N–H and O–H groups in total. The van der Waals surface area contributed by atoms with Crippen molar-refractivity contribution in [2.24, 2.45) is 5.92 Å². The summed E-state index contributed by atoms with van der Waals surface area (Å²) in [5.41, 5.74) is 1.22. The van der Waals surface area contributed by atoms with E-state index in [4.69, 9.17) is 0 Å². The number of amides is 1. The maximum atomic E-state index is 12.4. The summed E-state index contributed by atoms with van der Waals surface area (Å²) < 4.78 is 1.93. The lowest BCUT2D eigenvalue weighted by atomic mass is 10.1. The fourth-order valence-electron chi connectivity index (χ4n) is 2.61. The lowest BCUT2D eigenvalue weighted by Gasteiger charge is -2.01. The zero-order chi connectivity index (χ0) is 17.2. The summed E-state index contributed by atoms with van der Waals surface area (Å²) in [6, 6.07) is 12.3. The monoisotopic (exact) mass is 451 g/mol. The minimum Gasteiger partial charge on any atom is -0.300 e. The maximum Gasteiger partial charge on any atom is 0.229 e. The van der Waals surface area contributed by atoms with Gasteiger partial charge in [0.1, 0.15) is 0 Å². The largest absolute Gasteiger partial charge is 0.300 e. The van der Waals surface area contributed by atoms with E-state index in [-0.39, 0.29) is 11.8 Å². The molecule has 4 nitrogen and oxygen atoms in total. The van der Waals surface area contributed by atoms with Crippen molar-refractivity contribution in [3.8, 4) is 0 Å². The van der Waals surface area contributed by atoms with Crippen molar-refractivity contribution in [1.29, 1.82) is 0 Å². The second kappa shape index (κ2) is 7.57. The SMILES string of the molecule is O=C(Nc1nnc(SCc2cccs2)s1)C1CC1c1ccc(Br)cc1. The molecular formula is C17H14BrN3OS3. The first-order chi connectivity index (χ1) is 12.2. The number of halogens is 1. The molecule has 128 valence electrons. The molecular weight excluding hydrogens is 438 g/mol. The van der Waals surface area contributed by atoms with Gasteiger partial charge in [0.25, 0.3) is 0 Å². The van der Waals surface area contributed by atoms with Crippen LogP contribution < -0.4 is 5.32 Å². The topological polar surface area (TPSA) is 54.9 Å². The average molecular weight is 452 g/mol. The van der Waals surface area contributed by atoms with Gasteiger partial charge in [0, 0.05) is 21.0 Å². The molecule has 1 aliphatic rings. The predicted octanol–water partition coefficient (Wildman–Crippen LogP) is 5.40. The van der Waals surface area contributed by atoms with Gasteiger partial charge in [-0.2, -0.15) is 0 Å². The zero-order valence-corrected chi connectivity index (χ0v) is 17.1. The van der Waals surface area contributed by atoms with E-state index in [2.05, 4.69) is 55.0 Å². The van der Waals surface area contributed by atoms with Crippen molar-refractivity contribution in [3.63, 3.8) is 0 Å². The molecule has 0 bridgehead atoms. The minimum absolute atomic E-state index is 0.0345. The summed E-state index contributed by atoms with van der Waals surface area (Å²) in [4.78, 5) is 13.7. The molecule has 1 amide bonds. The molecule has 3 aromatic rings. The van der Waals surface area contributed by atoms with Gasteiger partial charge in [-0.05, 0) is 41.5 Å². The van der Waals surface area contributed by atoms with Crippen molar-refractivity contribution in [3.05, 3.63) is 56.7 Å². The van der Waals surface area contributed by atoms with E-state index < -0.39 is 0 Å². The van der Waals surface area contributed by atoms with Gasteiger partial charge in [-0.3, -0.25) is 4.79 Å². The number of carbonyl (C=O) groups is 1. The van der Waals surface area contributed by atoms with Gasteiger partial charge in [-0.1, -0.05) is 57.2 Å². The third kappa shape index (κ3) is 4.31. The second-order valence-corrected chi connectivity index (χ2v) is 9.88. The van der Waals surface area contributed by atoms with Gasteiger partial charge < -0.3 is 5.32 Å². The van der Waals surface area contributed by atoms with Crippen LogP contribution in [0.1, 0.15) is 22.8 Å². The van der Waals surface area contributed by atoms with Gasteiger partial charge in [-0.25, -0.2) is 0 Å². The van der Waals surface area contributed by atoms with Crippen LogP contribution in [0.15, 0.2) is 50.6 Å². The molecule has 2 aromatic heterocycles. The average Bonchev–Trinajstić information content (AvgIpc) is 3.02. The normalized spacial score (nSPS) is 18.9. The van der Waals surface area contributed by atoms with Crippen molar-refractivity contribution >= 4 is 61.4 Å². The third-order valence-corrected chi connectivity index (χ3v) is 7.59. The molecule has 1 aromatic carbocycles. The number of carbonyl (C=O) groups excluding carboxylic acids is 1. The highest BCUT2D eigenvalue weighted by Crippen LogP contribution is 2.48. The van der Waals surface area contributed by atoms with E-state index in [0.29, 0.717) is 11.0 Å². The number of anilines is 1. The van der Waals surface area contributed by atoms with Gasteiger partial charge >= 0.3 is 0 Å². The van der Waals surface area contributed by atoms with E-state index >= 15 is 0 Å². The Hall–Kier alpha value is -1.22. The van der Waals surface area contributed by atoms with Crippen LogP contribution in [0.3, 0.4) is 0 Å². The van der Waals surface area contributed by atoms with Crippen LogP contribution in [-0.4, -0.2) is 16.1 Å². The number of hydrogen-bond acceptors (Lipinski definition) is 6. The summed E-state index contributed by atoms with van der Waals surface area (Å²) in [6.07, 6.45) is 0.895. The molecule has 2 heterocycles. The molecule has 2 unspecified atom stereocenters. The molecule has 0 saturated heterocycles. The van der Waals surface area contributed by atoms with Crippen LogP contribution in [0.4, 0.5) is 5.13 Å². The molecule has 1 saturated carbocycles. The fraction of sp³-hybridized carbons (Fsp3) is 0.235. The zero-order valence-electron chi connectivity index (χ0n) is 13.0. The molecule has 25 heavy (non-hydrogen) atoms. The number of benzene rings is 1. The number of rotatable bonds is 6.